The maximum atomic E-state index is 12.3. The molecule has 9 heteroatoms. The maximum Gasteiger partial charge on any atom is 0.273 e. The molecule has 0 radical (unpaired) electrons. The van der Waals surface area contributed by atoms with Gasteiger partial charge >= 0.3 is 0 Å². The predicted octanol–water partition coefficient (Wildman–Crippen LogP) is 3.52. The van der Waals surface area contributed by atoms with Crippen LogP contribution in [-0.2, 0) is 10.0 Å². The van der Waals surface area contributed by atoms with Crippen molar-refractivity contribution >= 4 is 60.2 Å². The van der Waals surface area contributed by atoms with E-state index in [2.05, 4.69) is 14.7 Å². The van der Waals surface area contributed by atoms with Crippen LogP contribution in [0.4, 0.5) is 5.69 Å². The van der Waals surface area contributed by atoms with Crippen molar-refractivity contribution in [1.82, 2.24) is 9.97 Å². The van der Waals surface area contributed by atoms with Crippen LogP contribution in [0, 0.1) is 6.92 Å². The fraction of sp³-hybridized carbons (Fsp3) is 0.0909. The normalized spacial score (nSPS) is 11.9. The first kappa shape index (κ1) is 13.7. The third-order valence-corrected chi connectivity index (χ3v) is 6.60. The van der Waals surface area contributed by atoms with Gasteiger partial charge in [0.1, 0.15) is 0 Å². The van der Waals surface area contributed by atoms with Crippen molar-refractivity contribution in [2.45, 2.75) is 11.1 Å². The van der Waals surface area contributed by atoms with Crippen LogP contribution in [0.1, 0.15) is 5.69 Å². The molecule has 0 saturated heterocycles. The molecule has 0 bridgehead atoms. The summed E-state index contributed by atoms with van der Waals surface area (Å²) in [6, 6.07) is 5.20. The molecule has 20 heavy (non-hydrogen) atoms. The van der Waals surface area contributed by atoms with E-state index in [1.54, 1.807) is 30.6 Å². The average Bonchev–Trinajstić information content (AvgIpc) is 2.94. The van der Waals surface area contributed by atoms with Gasteiger partial charge in [0, 0.05) is 0 Å². The lowest BCUT2D eigenvalue weighted by Gasteiger charge is -2.06. The van der Waals surface area contributed by atoms with E-state index in [-0.39, 0.29) is 8.68 Å². The van der Waals surface area contributed by atoms with Gasteiger partial charge in [-0.3, -0.25) is 4.72 Å². The molecule has 1 N–H and O–H groups in total. The lowest BCUT2D eigenvalue weighted by molar-refractivity contribution is 0.602. The zero-order chi connectivity index (χ0) is 14.3. The first-order valence-corrected chi connectivity index (χ1v) is 9.00. The van der Waals surface area contributed by atoms with Crippen molar-refractivity contribution in [2.24, 2.45) is 0 Å². The topological polar surface area (TPSA) is 72.0 Å². The minimum absolute atomic E-state index is 0.131. The van der Waals surface area contributed by atoms with Crippen LogP contribution in [0.25, 0.3) is 10.2 Å². The van der Waals surface area contributed by atoms with Crippen LogP contribution in [-0.4, -0.2) is 18.4 Å². The number of aromatic nitrogens is 2. The van der Waals surface area contributed by atoms with Gasteiger partial charge in [0.05, 0.1) is 27.1 Å². The second kappa shape index (κ2) is 4.96. The Bertz CT molecular complexity index is 885. The second-order valence-electron chi connectivity index (χ2n) is 3.98. The molecule has 0 atom stereocenters. The number of nitrogens with one attached hydrogen (secondary N) is 1. The summed E-state index contributed by atoms with van der Waals surface area (Å²) in [4.78, 5) is 8.07. The van der Waals surface area contributed by atoms with Crippen molar-refractivity contribution in [1.29, 1.82) is 0 Å². The first-order chi connectivity index (χ1) is 9.45. The number of nitrogens with zero attached hydrogens (tertiary/aromatic N) is 2. The number of hydrogen-bond donors (Lipinski definition) is 1. The smallest absolute Gasteiger partial charge is 0.273 e. The standard InChI is InChI=1S/C11H8ClN3O2S3/c1-6-10(19-11(12)14-6)20(16,17)15-7-2-3-8-9(4-7)18-5-13-8/h2-5,15H,1H3. The number of aryl methyl sites for hydroxylation is 1. The highest BCUT2D eigenvalue weighted by molar-refractivity contribution is 7.94. The van der Waals surface area contributed by atoms with Crippen molar-refractivity contribution in [3.8, 4) is 0 Å². The summed E-state index contributed by atoms with van der Waals surface area (Å²) >= 11 is 8.14. The van der Waals surface area contributed by atoms with Crippen molar-refractivity contribution in [2.75, 3.05) is 4.72 Å². The summed E-state index contributed by atoms with van der Waals surface area (Å²) in [5, 5.41) is 0. The number of halogens is 1. The lowest BCUT2D eigenvalue weighted by atomic mass is 10.3. The van der Waals surface area contributed by atoms with Crippen molar-refractivity contribution in [3.63, 3.8) is 0 Å². The molecule has 0 amide bonds. The molecule has 0 unspecified atom stereocenters. The van der Waals surface area contributed by atoms with Gasteiger partial charge in [0.2, 0.25) is 0 Å². The van der Waals surface area contributed by atoms with E-state index in [9.17, 15) is 8.42 Å². The summed E-state index contributed by atoms with van der Waals surface area (Å²) in [6.45, 7) is 1.61. The monoisotopic (exact) mass is 345 g/mol. The van der Waals surface area contributed by atoms with Crippen LogP contribution >= 0.6 is 34.3 Å². The Balaban J connectivity index is 1.98. The number of anilines is 1. The summed E-state index contributed by atoms with van der Waals surface area (Å²) in [7, 11) is -3.67. The van der Waals surface area contributed by atoms with Crippen molar-refractivity contribution in [3.05, 3.63) is 33.9 Å². The third-order valence-electron chi connectivity index (χ3n) is 2.56. The number of hydrogen-bond acceptors (Lipinski definition) is 6. The third kappa shape index (κ3) is 2.51. The molecule has 5 nitrogen and oxygen atoms in total. The van der Waals surface area contributed by atoms with Crippen LogP contribution < -0.4 is 4.72 Å². The number of fused-ring (bicyclic) bond motifs is 1. The highest BCUT2D eigenvalue weighted by Crippen LogP contribution is 2.29. The van der Waals surface area contributed by atoms with E-state index in [0.717, 1.165) is 21.6 Å². The van der Waals surface area contributed by atoms with E-state index >= 15 is 0 Å². The van der Waals surface area contributed by atoms with Gasteiger partial charge in [0.15, 0.2) is 8.68 Å². The molecule has 1 aromatic carbocycles. The first-order valence-electron chi connectivity index (χ1n) is 5.45. The van der Waals surface area contributed by atoms with Gasteiger partial charge in [-0.1, -0.05) is 22.9 Å². The molecule has 3 aromatic rings. The molecule has 0 aliphatic rings. The van der Waals surface area contributed by atoms with Crippen LogP contribution in [0.3, 0.4) is 0 Å². The minimum Gasteiger partial charge on any atom is -0.279 e. The maximum absolute atomic E-state index is 12.3. The molecule has 2 heterocycles. The molecule has 0 fully saturated rings. The van der Waals surface area contributed by atoms with Gasteiger partial charge < -0.3 is 0 Å². The average molecular weight is 346 g/mol. The fourth-order valence-electron chi connectivity index (χ4n) is 1.72. The quantitative estimate of drug-likeness (QED) is 0.788. The Morgan fingerprint density at radius 3 is 2.85 bits per heavy atom. The lowest BCUT2D eigenvalue weighted by Crippen LogP contribution is -2.12. The molecule has 2 aromatic heterocycles. The zero-order valence-electron chi connectivity index (χ0n) is 10.1. The number of benzene rings is 1. The predicted molar refractivity (Wildman–Crippen MR) is 82.3 cm³/mol. The van der Waals surface area contributed by atoms with E-state index in [1.165, 1.54) is 11.3 Å². The van der Waals surface area contributed by atoms with Gasteiger partial charge in [-0.25, -0.2) is 18.4 Å². The van der Waals surface area contributed by atoms with E-state index in [1.807, 2.05) is 0 Å². The van der Waals surface area contributed by atoms with Crippen LogP contribution in [0.15, 0.2) is 27.9 Å². The van der Waals surface area contributed by atoms with Crippen LogP contribution in [0.2, 0.25) is 4.47 Å². The number of rotatable bonds is 3. The highest BCUT2D eigenvalue weighted by Gasteiger charge is 2.21. The van der Waals surface area contributed by atoms with Gasteiger partial charge in [-0.2, -0.15) is 0 Å². The Hall–Kier alpha value is -1.22. The number of thiazole rings is 2. The molecule has 0 spiro atoms. The van der Waals surface area contributed by atoms with E-state index < -0.39 is 10.0 Å². The molecule has 0 aliphatic heterocycles. The number of sulfonamides is 1. The van der Waals surface area contributed by atoms with E-state index in [0.29, 0.717) is 11.4 Å². The summed E-state index contributed by atoms with van der Waals surface area (Å²) in [5.74, 6) is 0. The summed E-state index contributed by atoms with van der Waals surface area (Å²) in [5.41, 5.74) is 3.45. The Morgan fingerprint density at radius 1 is 1.35 bits per heavy atom. The SMILES string of the molecule is Cc1nc(Cl)sc1S(=O)(=O)Nc1ccc2ncsc2c1. The highest BCUT2D eigenvalue weighted by atomic mass is 35.5. The zero-order valence-corrected chi connectivity index (χ0v) is 13.3. The summed E-state index contributed by atoms with van der Waals surface area (Å²) in [6.07, 6.45) is 0. The van der Waals surface area contributed by atoms with Gasteiger partial charge in [-0.05, 0) is 25.1 Å². The molecule has 0 aliphatic carbocycles. The van der Waals surface area contributed by atoms with E-state index in [4.69, 9.17) is 11.6 Å². The Labute approximate surface area is 128 Å². The van der Waals surface area contributed by atoms with Gasteiger partial charge in [-0.15, -0.1) is 11.3 Å². The largest absolute Gasteiger partial charge is 0.279 e. The Kier molecular flexibility index (Phi) is 3.41. The molecular weight excluding hydrogens is 338 g/mol. The van der Waals surface area contributed by atoms with Crippen molar-refractivity contribution < 1.29 is 8.42 Å². The molecule has 104 valence electrons. The minimum atomic E-state index is -3.67. The molecule has 0 saturated carbocycles. The fourth-order valence-corrected chi connectivity index (χ4v) is 5.23. The Morgan fingerprint density at radius 2 is 2.15 bits per heavy atom. The second-order valence-corrected chi connectivity index (χ2v) is 8.33. The molecular formula is C11H8ClN3O2S3. The molecule has 3 rings (SSSR count). The van der Waals surface area contributed by atoms with Gasteiger partial charge in [0.25, 0.3) is 10.0 Å². The summed E-state index contributed by atoms with van der Waals surface area (Å²) < 4.78 is 28.4. The van der Waals surface area contributed by atoms with Crippen LogP contribution in [0.5, 0.6) is 0 Å².